The van der Waals surface area contributed by atoms with Crippen molar-refractivity contribution in [3.63, 3.8) is 0 Å². The molecule has 0 amide bonds. The molecule has 1 aromatic carbocycles. The van der Waals surface area contributed by atoms with Gasteiger partial charge in [-0.15, -0.1) is 11.3 Å². The molecule has 24 heavy (non-hydrogen) atoms. The van der Waals surface area contributed by atoms with E-state index in [0.717, 1.165) is 43.4 Å². The molecule has 0 radical (unpaired) electrons. The molecule has 1 aromatic heterocycles. The first kappa shape index (κ1) is 18.1. The zero-order chi connectivity index (χ0) is 17.0. The number of aliphatic imine (C=N–C) groups is 1. The van der Waals surface area contributed by atoms with Crippen molar-refractivity contribution in [2.24, 2.45) is 4.99 Å². The van der Waals surface area contributed by atoms with Gasteiger partial charge in [0.1, 0.15) is 11.5 Å². The molecule has 2 aromatic rings. The van der Waals surface area contributed by atoms with Gasteiger partial charge < -0.3 is 20.1 Å². The maximum Gasteiger partial charge on any atom is 0.190 e. The highest BCUT2D eigenvalue weighted by atomic mass is 32.1. The van der Waals surface area contributed by atoms with E-state index in [0.29, 0.717) is 6.61 Å². The Kier molecular flexibility index (Phi) is 7.97. The summed E-state index contributed by atoms with van der Waals surface area (Å²) in [6, 6.07) is 11.9. The van der Waals surface area contributed by atoms with Gasteiger partial charge in [0.2, 0.25) is 0 Å². The summed E-state index contributed by atoms with van der Waals surface area (Å²) in [4.78, 5) is 5.61. The quantitative estimate of drug-likeness (QED) is 0.416. The van der Waals surface area contributed by atoms with E-state index in [4.69, 9.17) is 9.47 Å². The molecule has 0 spiro atoms. The Morgan fingerprint density at radius 1 is 1.12 bits per heavy atom. The van der Waals surface area contributed by atoms with Gasteiger partial charge in [-0.05, 0) is 36.4 Å². The largest absolute Gasteiger partial charge is 0.497 e. The van der Waals surface area contributed by atoms with Gasteiger partial charge >= 0.3 is 0 Å². The predicted molar refractivity (Wildman–Crippen MR) is 100 cm³/mol. The molecule has 0 atom stereocenters. The Balaban J connectivity index is 1.58. The van der Waals surface area contributed by atoms with Crippen molar-refractivity contribution < 1.29 is 9.47 Å². The van der Waals surface area contributed by atoms with E-state index in [2.05, 4.69) is 33.1 Å². The maximum atomic E-state index is 5.72. The molecule has 0 unspecified atom stereocenters. The van der Waals surface area contributed by atoms with Crippen LogP contribution in [0.15, 0.2) is 46.8 Å². The molecule has 0 saturated carbocycles. The van der Waals surface area contributed by atoms with Crippen LogP contribution < -0.4 is 20.1 Å². The van der Waals surface area contributed by atoms with Crippen LogP contribution in [0.1, 0.15) is 11.3 Å². The fourth-order valence-corrected chi connectivity index (χ4v) is 2.85. The Labute approximate surface area is 147 Å². The Hall–Kier alpha value is -2.21. The zero-order valence-electron chi connectivity index (χ0n) is 14.2. The molecule has 5 nitrogen and oxygen atoms in total. The number of nitrogens with one attached hydrogen (secondary N) is 2. The van der Waals surface area contributed by atoms with Crippen LogP contribution in [-0.4, -0.2) is 39.8 Å². The van der Waals surface area contributed by atoms with Crippen LogP contribution in [-0.2, 0) is 6.42 Å². The first-order chi connectivity index (χ1) is 11.8. The number of guanidine groups is 1. The van der Waals surface area contributed by atoms with Gasteiger partial charge in [-0.1, -0.05) is 12.1 Å². The van der Waals surface area contributed by atoms with Gasteiger partial charge in [0.15, 0.2) is 5.96 Å². The third kappa shape index (κ3) is 6.50. The SMILES string of the molecule is CN=C(NCCCOc1cccc(OC)c1)NCCc1cccs1. The van der Waals surface area contributed by atoms with Crippen molar-refractivity contribution in [1.29, 1.82) is 0 Å². The first-order valence-electron chi connectivity index (χ1n) is 8.05. The number of thiophene rings is 1. The van der Waals surface area contributed by atoms with Crippen LogP contribution in [0.3, 0.4) is 0 Å². The van der Waals surface area contributed by atoms with Crippen LogP contribution in [0.2, 0.25) is 0 Å². The molecule has 2 rings (SSSR count). The lowest BCUT2D eigenvalue weighted by molar-refractivity contribution is 0.308. The highest BCUT2D eigenvalue weighted by Crippen LogP contribution is 2.18. The minimum absolute atomic E-state index is 0.645. The van der Waals surface area contributed by atoms with Gasteiger partial charge in [0.25, 0.3) is 0 Å². The molecular formula is C18H25N3O2S. The van der Waals surface area contributed by atoms with E-state index in [-0.39, 0.29) is 0 Å². The van der Waals surface area contributed by atoms with Crippen LogP contribution in [0.25, 0.3) is 0 Å². The molecule has 0 fully saturated rings. The molecule has 0 saturated heterocycles. The highest BCUT2D eigenvalue weighted by molar-refractivity contribution is 7.09. The highest BCUT2D eigenvalue weighted by Gasteiger charge is 1.99. The number of rotatable bonds is 9. The third-order valence-corrected chi connectivity index (χ3v) is 4.33. The Bertz CT molecular complexity index is 614. The van der Waals surface area contributed by atoms with Gasteiger partial charge in [-0.25, -0.2) is 0 Å². The van der Waals surface area contributed by atoms with E-state index >= 15 is 0 Å². The van der Waals surface area contributed by atoms with Gasteiger partial charge in [0.05, 0.1) is 13.7 Å². The molecule has 0 aliphatic heterocycles. The summed E-state index contributed by atoms with van der Waals surface area (Å²) in [6.07, 6.45) is 1.90. The molecule has 1 heterocycles. The van der Waals surface area contributed by atoms with Gasteiger partial charge in [-0.3, -0.25) is 4.99 Å². The van der Waals surface area contributed by atoms with Gasteiger partial charge in [0, 0.05) is 31.1 Å². The number of nitrogens with zero attached hydrogens (tertiary/aromatic N) is 1. The minimum Gasteiger partial charge on any atom is -0.497 e. The third-order valence-electron chi connectivity index (χ3n) is 3.39. The van der Waals surface area contributed by atoms with Crippen molar-refractivity contribution >= 4 is 17.3 Å². The number of ether oxygens (including phenoxy) is 2. The van der Waals surface area contributed by atoms with E-state index in [9.17, 15) is 0 Å². The normalized spacial score (nSPS) is 11.2. The van der Waals surface area contributed by atoms with Crippen molar-refractivity contribution in [3.05, 3.63) is 46.7 Å². The number of hydrogen-bond acceptors (Lipinski definition) is 4. The van der Waals surface area contributed by atoms with Crippen LogP contribution in [0.4, 0.5) is 0 Å². The summed E-state index contributed by atoms with van der Waals surface area (Å²) < 4.78 is 10.9. The molecule has 0 aliphatic rings. The fraction of sp³-hybridized carbons (Fsp3) is 0.389. The molecule has 2 N–H and O–H groups in total. The molecular weight excluding hydrogens is 322 g/mol. The smallest absolute Gasteiger partial charge is 0.190 e. The number of benzene rings is 1. The van der Waals surface area contributed by atoms with Gasteiger partial charge in [-0.2, -0.15) is 0 Å². The van der Waals surface area contributed by atoms with Crippen molar-refractivity contribution in [3.8, 4) is 11.5 Å². The summed E-state index contributed by atoms with van der Waals surface area (Å²) in [6.45, 7) is 2.33. The van der Waals surface area contributed by atoms with Crippen LogP contribution in [0, 0.1) is 0 Å². The first-order valence-corrected chi connectivity index (χ1v) is 8.93. The van der Waals surface area contributed by atoms with Crippen LogP contribution >= 0.6 is 11.3 Å². The number of hydrogen-bond donors (Lipinski definition) is 2. The Morgan fingerprint density at radius 2 is 1.96 bits per heavy atom. The predicted octanol–water partition coefficient (Wildman–Crippen LogP) is 2.93. The summed E-state index contributed by atoms with van der Waals surface area (Å²) in [5.74, 6) is 2.46. The lowest BCUT2D eigenvalue weighted by Crippen LogP contribution is -2.39. The van der Waals surface area contributed by atoms with E-state index in [1.165, 1.54) is 4.88 Å². The van der Waals surface area contributed by atoms with Crippen molar-refractivity contribution in [1.82, 2.24) is 10.6 Å². The lowest BCUT2D eigenvalue weighted by Gasteiger charge is -2.12. The summed E-state index contributed by atoms with van der Waals surface area (Å²) in [5, 5.41) is 8.72. The summed E-state index contributed by atoms with van der Waals surface area (Å²) in [7, 11) is 3.44. The summed E-state index contributed by atoms with van der Waals surface area (Å²) in [5.41, 5.74) is 0. The summed E-state index contributed by atoms with van der Waals surface area (Å²) >= 11 is 1.78. The molecule has 130 valence electrons. The Morgan fingerprint density at radius 3 is 2.71 bits per heavy atom. The average Bonchev–Trinajstić information content (AvgIpc) is 3.13. The second-order valence-electron chi connectivity index (χ2n) is 5.14. The minimum atomic E-state index is 0.645. The fourth-order valence-electron chi connectivity index (χ4n) is 2.14. The van der Waals surface area contributed by atoms with Crippen molar-refractivity contribution in [2.45, 2.75) is 12.8 Å². The molecule has 6 heteroatoms. The second kappa shape index (κ2) is 10.5. The van der Waals surface area contributed by atoms with Crippen LogP contribution in [0.5, 0.6) is 11.5 Å². The average molecular weight is 347 g/mol. The zero-order valence-corrected chi connectivity index (χ0v) is 15.1. The molecule has 0 bridgehead atoms. The van der Waals surface area contributed by atoms with E-state index in [1.807, 2.05) is 24.3 Å². The monoisotopic (exact) mass is 347 g/mol. The standard InChI is InChI=1S/C18H25N3O2S/c1-19-18(21-11-9-17-8-4-13-24-17)20-10-5-12-23-16-7-3-6-15(14-16)22-2/h3-4,6-8,13-14H,5,9-12H2,1-2H3,(H2,19,20,21). The lowest BCUT2D eigenvalue weighted by atomic mass is 10.3. The number of methoxy groups -OCH3 is 1. The second-order valence-corrected chi connectivity index (χ2v) is 6.17. The van der Waals surface area contributed by atoms with E-state index < -0.39 is 0 Å². The topological polar surface area (TPSA) is 54.9 Å². The maximum absolute atomic E-state index is 5.72. The molecule has 0 aliphatic carbocycles. The van der Waals surface area contributed by atoms with E-state index in [1.54, 1.807) is 25.5 Å². The van der Waals surface area contributed by atoms with Crippen molar-refractivity contribution in [2.75, 3.05) is 33.9 Å².